The van der Waals surface area contributed by atoms with Gasteiger partial charge in [0.25, 0.3) is 0 Å². The number of hydrogen-bond acceptors (Lipinski definition) is 6. The lowest BCUT2D eigenvalue weighted by Crippen LogP contribution is -1.97. The van der Waals surface area contributed by atoms with Crippen LogP contribution in [0.4, 0.5) is 10.8 Å². The van der Waals surface area contributed by atoms with E-state index < -0.39 is 0 Å². The predicted octanol–water partition coefficient (Wildman–Crippen LogP) is 2.63. The van der Waals surface area contributed by atoms with Gasteiger partial charge in [0.1, 0.15) is 5.00 Å². The van der Waals surface area contributed by atoms with Gasteiger partial charge in [-0.05, 0) is 24.5 Å². The Labute approximate surface area is 123 Å². The van der Waals surface area contributed by atoms with Gasteiger partial charge >= 0.3 is 0 Å². The molecule has 0 unspecified atom stereocenters. The lowest BCUT2D eigenvalue weighted by molar-refractivity contribution is 1.09. The maximum Gasteiger partial charge on any atom is 0.180 e. The van der Waals surface area contributed by atoms with E-state index in [1.807, 2.05) is 36.0 Å². The van der Waals surface area contributed by atoms with E-state index >= 15 is 0 Å². The number of anilines is 2. The smallest absolute Gasteiger partial charge is 0.180 e. The van der Waals surface area contributed by atoms with Crippen LogP contribution in [0, 0.1) is 6.92 Å². The number of hydrogen-bond donors (Lipinski definition) is 2. The van der Waals surface area contributed by atoms with Crippen LogP contribution in [0.25, 0.3) is 16.9 Å². The summed E-state index contributed by atoms with van der Waals surface area (Å²) >= 11 is 1.40. The molecule has 0 aliphatic heterocycles. The second-order valence-corrected chi connectivity index (χ2v) is 5.36. The van der Waals surface area contributed by atoms with Crippen LogP contribution in [0.5, 0.6) is 0 Å². The number of aromatic nitrogens is 6. The number of nitrogens with zero attached hydrogens (tertiary/aromatic N) is 5. The molecule has 4 heterocycles. The summed E-state index contributed by atoms with van der Waals surface area (Å²) in [5.74, 6) is 0.705. The highest BCUT2D eigenvalue weighted by Gasteiger charge is 2.11. The van der Waals surface area contributed by atoms with Gasteiger partial charge in [0.15, 0.2) is 11.5 Å². The maximum atomic E-state index is 4.46. The molecule has 0 spiro atoms. The van der Waals surface area contributed by atoms with Gasteiger partial charge in [-0.15, -0.1) is 0 Å². The van der Waals surface area contributed by atoms with Crippen LogP contribution in [-0.4, -0.2) is 28.9 Å². The van der Waals surface area contributed by atoms with E-state index in [0.717, 1.165) is 27.6 Å². The molecule has 0 saturated heterocycles. The minimum atomic E-state index is 0.705. The molecule has 7 nitrogen and oxygen atoms in total. The van der Waals surface area contributed by atoms with Crippen LogP contribution in [0.1, 0.15) is 5.69 Å². The minimum absolute atomic E-state index is 0.705. The third-order valence-corrected chi connectivity index (χ3v) is 3.89. The first-order valence-electron chi connectivity index (χ1n) is 6.33. The molecule has 4 rings (SSSR count). The first kappa shape index (κ1) is 12.0. The average Bonchev–Trinajstić information content (AvgIpc) is 3.18. The van der Waals surface area contributed by atoms with Crippen molar-refractivity contribution >= 4 is 28.0 Å². The zero-order valence-electron chi connectivity index (χ0n) is 11.1. The molecule has 0 fully saturated rings. The second-order valence-electron chi connectivity index (χ2n) is 4.56. The van der Waals surface area contributed by atoms with Crippen LogP contribution in [0.2, 0.25) is 0 Å². The summed E-state index contributed by atoms with van der Waals surface area (Å²) in [6, 6.07) is 1.98. The highest BCUT2D eigenvalue weighted by Crippen LogP contribution is 2.26. The molecule has 0 aliphatic rings. The summed E-state index contributed by atoms with van der Waals surface area (Å²) in [5.41, 5.74) is 3.69. The summed E-state index contributed by atoms with van der Waals surface area (Å²) in [6.45, 7) is 1.96. The van der Waals surface area contributed by atoms with E-state index in [1.54, 1.807) is 12.4 Å². The lowest BCUT2D eigenvalue weighted by Gasteiger charge is -2.04. The molecule has 8 heteroatoms. The van der Waals surface area contributed by atoms with Crippen molar-refractivity contribution in [1.29, 1.82) is 0 Å². The van der Waals surface area contributed by atoms with Crippen molar-refractivity contribution < 1.29 is 0 Å². The Morgan fingerprint density at radius 1 is 1.29 bits per heavy atom. The second kappa shape index (κ2) is 4.67. The van der Waals surface area contributed by atoms with Crippen molar-refractivity contribution in [3.05, 3.63) is 42.7 Å². The topological polar surface area (TPSA) is 83.8 Å². The highest BCUT2D eigenvalue weighted by atomic mass is 32.1. The number of nitrogens with one attached hydrogen (secondary N) is 2. The molecular formula is C13H11N7S. The van der Waals surface area contributed by atoms with Crippen molar-refractivity contribution in [3.63, 3.8) is 0 Å². The summed E-state index contributed by atoms with van der Waals surface area (Å²) in [7, 11) is 0. The number of rotatable bonds is 3. The number of aryl methyl sites for hydroxylation is 1. The van der Waals surface area contributed by atoms with Gasteiger partial charge in [-0.25, -0.2) is 9.97 Å². The maximum absolute atomic E-state index is 4.46. The molecule has 4 aromatic rings. The van der Waals surface area contributed by atoms with E-state index in [-0.39, 0.29) is 0 Å². The van der Waals surface area contributed by atoms with Crippen LogP contribution in [0.3, 0.4) is 0 Å². The number of H-pyrrole nitrogens is 1. The molecule has 0 bridgehead atoms. The third kappa shape index (κ3) is 2.05. The van der Waals surface area contributed by atoms with Crippen molar-refractivity contribution in [1.82, 2.24) is 28.9 Å². The first-order chi connectivity index (χ1) is 10.3. The summed E-state index contributed by atoms with van der Waals surface area (Å²) < 4.78 is 6.23. The standard InChI is InChI=1S/C13H11N7S/c1-8-4-11(21-19-8)18-12-13-15-7-10(9-5-16-17-6-9)20(13)3-2-14-12/h2-7H,1H3,(H,14,18)(H,16,17). The zero-order valence-corrected chi connectivity index (χ0v) is 11.9. The Kier molecular flexibility index (Phi) is 2.68. The molecule has 21 heavy (non-hydrogen) atoms. The fourth-order valence-corrected chi connectivity index (χ4v) is 2.81. The molecule has 0 radical (unpaired) electrons. The molecule has 0 aliphatic carbocycles. The molecule has 0 aromatic carbocycles. The Morgan fingerprint density at radius 2 is 2.24 bits per heavy atom. The van der Waals surface area contributed by atoms with Gasteiger partial charge in [-0.2, -0.15) is 9.47 Å². The fourth-order valence-electron chi connectivity index (χ4n) is 2.15. The normalized spacial score (nSPS) is 11.1. The molecule has 0 saturated carbocycles. The molecule has 2 N–H and O–H groups in total. The van der Waals surface area contributed by atoms with E-state index in [9.17, 15) is 0 Å². The van der Waals surface area contributed by atoms with Crippen LogP contribution in [0.15, 0.2) is 37.1 Å². The molecule has 0 amide bonds. The van der Waals surface area contributed by atoms with E-state index in [4.69, 9.17) is 0 Å². The Balaban J connectivity index is 1.80. The number of fused-ring (bicyclic) bond motifs is 1. The Bertz CT molecular complexity index is 890. The minimum Gasteiger partial charge on any atom is -0.328 e. The summed E-state index contributed by atoms with van der Waals surface area (Å²) in [4.78, 5) is 8.83. The highest BCUT2D eigenvalue weighted by molar-refractivity contribution is 7.10. The largest absolute Gasteiger partial charge is 0.328 e. The Hall–Kier alpha value is -2.74. The SMILES string of the molecule is Cc1cc(Nc2nccn3c(-c4cn[nH]c4)cnc23)sn1. The van der Waals surface area contributed by atoms with Gasteiger partial charge in [-0.1, -0.05) is 0 Å². The fraction of sp³-hybridized carbons (Fsp3) is 0.0769. The monoisotopic (exact) mass is 297 g/mol. The van der Waals surface area contributed by atoms with Crippen LogP contribution in [-0.2, 0) is 0 Å². The molecule has 104 valence electrons. The van der Waals surface area contributed by atoms with Crippen molar-refractivity contribution in [2.24, 2.45) is 0 Å². The van der Waals surface area contributed by atoms with E-state index in [0.29, 0.717) is 5.82 Å². The first-order valence-corrected chi connectivity index (χ1v) is 7.10. The summed E-state index contributed by atoms with van der Waals surface area (Å²) in [6.07, 6.45) is 9.04. The predicted molar refractivity (Wildman–Crippen MR) is 80.7 cm³/mol. The lowest BCUT2D eigenvalue weighted by atomic mass is 10.3. The van der Waals surface area contributed by atoms with Gasteiger partial charge in [0.05, 0.1) is 23.8 Å². The zero-order chi connectivity index (χ0) is 14.2. The van der Waals surface area contributed by atoms with Crippen molar-refractivity contribution in [2.45, 2.75) is 6.92 Å². The molecular weight excluding hydrogens is 286 g/mol. The third-order valence-electron chi connectivity index (χ3n) is 3.09. The molecule has 4 aromatic heterocycles. The van der Waals surface area contributed by atoms with Gasteiger partial charge in [-0.3, -0.25) is 9.50 Å². The number of imidazole rings is 1. The van der Waals surface area contributed by atoms with Crippen LogP contribution >= 0.6 is 11.5 Å². The van der Waals surface area contributed by atoms with Crippen LogP contribution < -0.4 is 5.32 Å². The van der Waals surface area contributed by atoms with Gasteiger partial charge in [0, 0.05) is 24.2 Å². The average molecular weight is 297 g/mol. The number of aromatic amines is 1. The van der Waals surface area contributed by atoms with Crippen molar-refractivity contribution in [3.8, 4) is 11.3 Å². The Morgan fingerprint density at radius 3 is 3.00 bits per heavy atom. The van der Waals surface area contributed by atoms with E-state index in [1.165, 1.54) is 11.5 Å². The van der Waals surface area contributed by atoms with Crippen molar-refractivity contribution in [2.75, 3.05) is 5.32 Å². The van der Waals surface area contributed by atoms with Gasteiger partial charge in [0.2, 0.25) is 0 Å². The quantitative estimate of drug-likeness (QED) is 0.607. The van der Waals surface area contributed by atoms with Gasteiger partial charge < -0.3 is 5.32 Å². The molecule has 0 atom stereocenters. The van der Waals surface area contributed by atoms with E-state index in [2.05, 4.69) is 29.9 Å². The summed E-state index contributed by atoms with van der Waals surface area (Å²) in [5, 5.41) is 11.0.